The van der Waals surface area contributed by atoms with Gasteiger partial charge in [0.25, 0.3) is 0 Å². The first kappa shape index (κ1) is 10.1. The minimum atomic E-state index is 0.0344. The molecule has 3 N–H and O–H groups in total. The minimum absolute atomic E-state index is 0.0344. The Kier molecular flexibility index (Phi) is 3.32. The molecule has 0 aromatic heterocycles. The van der Waals surface area contributed by atoms with Crippen molar-refractivity contribution in [1.29, 1.82) is 0 Å². The van der Waals surface area contributed by atoms with Gasteiger partial charge in [0.1, 0.15) is 5.75 Å². The molecule has 0 saturated heterocycles. The maximum absolute atomic E-state index is 9.24. The highest BCUT2D eigenvalue weighted by Crippen LogP contribution is 2.21. The summed E-state index contributed by atoms with van der Waals surface area (Å²) in [4.78, 5) is 0. The molecule has 72 valence electrons. The second kappa shape index (κ2) is 4.28. The van der Waals surface area contributed by atoms with Crippen molar-refractivity contribution >= 4 is 0 Å². The molecule has 1 rings (SSSR count). The third kappa shape index (κ3) is 3.07. The van der Waals surface area contributed by atoms with Crippen LogP contribution < -0.4 is 5.73 Å². The second-order valence-corrected chi connectivity index (χ2v) is 3.83. The van der Waals surface area contributed by atoms with Crippen LogP contribution in [0.25, 0.3) is 0 Å². The Bertz CT molecular complexity index is 271. The maximum Gasteiger partial charge on any atom is 0.115 e. The lowest BCUT2D eigenvalue weighted by Gasteiger charge is -2.14. The predicted molar refractivity (Wildman–Crippen MR) is 54.5 cm³/mol. The van der Waals surface area contributed by atoms with Crippen LogP contribution >= 0.6 is 0 Å². The van der Waals surface area contributed by atoms with Gasteiger partial charge >= 0.3 is 0 Å². The summed E-state index contributed by atoms with van der Waals surface area (Å²) < 4.78 is 0. The highest BCUT2D eigenvalue weighted by molar-refractivity contribution is 5.29. The summed E-state index contributed by atoms with van der Waals surface area (Å²) in [5.41, 5.74) is 6.96. The molecular weight excluding hydrogens is 162 g/mol. The molecule has 0 aliphatic rings. The van der Waals surface area contributed by atoms with E-state index in [1.165, 1.54) is 0 Å². The molecule has 0 spiro atoms. The first-order chi connectivity index (χ1) is 6.09. The number of phenolic OH excluding ortho intramolecular Hbond substituents is 1. The van der Waals surface area contributed by atoms with Crippen LogP contribution in [-0.2, 0) is 0 Å². The van der Waals surface area contributed by atoms with E-state index in [-0.39, 0.29) is 11.8 Å². The summed E-state index contributed by atoms with van der Waals surface area (Å²) in [6.07, 6.45) is 0.948. The summed E-state index contributed by atoms with van der Waals surface area (Å²) in [6, 6.07) is 7.20. The molecule has 0 saturated carbocycles. The van der Waals surface area contributed by atoms with Crippen molar-refractivity contribution in [3.05, 3.63) is 29.8 Å². The predicted octanol–water partition coefficient (Wildman–Crippen LogP) is 2.44. The third-order valence-corrected chi connectivity index (χ3v) is 2.02. The number of aromatic hydroxyl groups is 1. The first-order valence-electron chi connectivity index (χ1n) is 4.64. The summed E-state index contributed by atoms with van der Waals surface area (Å²) in [6.45, 7) is 4.28. The zero-order valence-electron chi connectivity index (χ0n) is 8.20. The van der Waals surface area contributed by atoms with E-state index in [2.05, 4.69) is 13.8 Å². The van der Waals surface area contributed by atoms with E-state index in [0.717, 1.165) is 12.0 Å². The average Bonchev–Trinajstić information content (AvgIpc) is 2.03. The summed E-state index contributed by atoms with van der Waals surface area (Å²) in [5.74, 6) is 0.869. The summed E-state index contributed by atoms with van der Waals surface area (Å²) >= 11 is 0. The van der Waals surface area contributed by atoms with Crippen LogP contribution in [0.15, 0.2) is 24.3 Å². The average molecular weight is 179 g/mol. The SMILES string of the molecule is CC(C)C[C@H](N)c1cccc(O)c1. The lowest BCUT2D eigenvalue weighted by molar-refractivity contribution is 0.469. The van der Waals surface area contributed by atoms with Gasteiger partial charge in [-0.3, -0.25) is 0 Å². The number of nitrogens with two attached hydrogens (primary N) is 1. The Balaban J connectivity index is 2.71. The smallest absolute Gasteiger partial charge is 0.115 e. The highest BCUT2D eigenvalue weighted by atomic mass is 16.3. The van der Waals surface area contributed by atoms with Gasteiger partial charge in [-0.25, -0.2) is 0 Å². The van der Waals surface area contributed by atoms with Gasteiger partial charge in [0, 0.05) is 6.04 Å². The van der Waals surface area contributed by atoms with Gasteiger partial charge in [-0.1, -0.05) is 26.0 Å². The quantitative estimate of drug-likeness (QED) is 0.748. The van der Waals surface area contributed by atoms with Gasteiger partial charge in [0.2, 0.25) is 0 Å². The molecule has 2 nitrogen and oxygen atoms in total. The molecule has 2 heteroatoms. The van der Waals surface area contributed by atoms with Crippen molar-refractivity contribution in [3.63, 3.8) is 0 Å². The molecular formula is C11H17NO. The number of hydrogen-bond acceptors (Lipinski definition) is 2. The Hall–Kier alpha value is -1.02. The summed E-state index contributed by atoms with van der Waals surface area (Å²) in [7, 11) is 0. The summed E-state index contributed by atoms with van der Waals surface area (Å²) in [5, 5.41) is 9.24. The Labute approximate surface area is 79.4 Å². The Morgan fingerprint density at radius 2 is 2.08 bits per heavy atom. The topological polar surface area (TPSA) is 46.2 Å². The molecule has 0 amide bonds. The zero-order chi connectivity index (χ0) is 9.84. The fraction of sp³-hybridized carbons (Fsp3) is 0.455. The molecule has 1 atom stereocenters. The molecule has 0 radical (unpaired) electrons. The van der Waals surface area contributed by atoms with Gasteiger partial charge in [-0.2, -0.15) is 0 Å². The molecule has 0 aliphatic carbocycles. The van der Waals surface area contributed by atoms with Crippen molar-refractivity contribution < 1.29 is 5.11 Å². The van der Waals surface area contributed by atoms with Crippen LogP contribution in [0, 0.1) is 5.92 Å². The lowest BCUT2D eigenvalue weighted by Crippen LogP contribution is -2.12. The zero-order valence-corrected chi connectivity index (χ0v) is 8.20. The van der Waals surface area contributed by atoms with Gasteiger partial charge in [-0.05, 0) is 30.0 Å². The van der Waals surface area contributed by atoms with Crippen LogP contribution in [0.4, 0.5) is 0 Å². The molecule has 0 unspecified atom stereocenters. The minimum Gasteiger partial charge on any atom is -0.508 e. The van der Waals surface area contributed by atoms with Gasteiger partial charge in [0.05, 0.1) is 0 Å². The normalized spacial score (nSPS) is 13.2. The van der Waals surface area contributed by atoms with E-state index in [9.17, 15) is 5.11 Å². The number of hydrogen-bond donors (Lipinski definition) is 2. The molecule has 0 aliphatic heterocycles. The number of rotatable bonds is 3. The maximum atomic E-state index is 9.24. The van der Waals surface area contributed by atoms with Crippen LogP contribution in [0.5, 0.6) is 5.75 Å². The second-order valence-electron chi connectivity index (χ2n) is 3.83. The van der Waals surface area contributed by atoms with Crippen molar-refractivity contribution in [1.82, 2.24) is 0 Å². The van der Waals surface area contributed by atoms with Gasteiger partial charge < -0.3 is 10.8 Å². The largest absolute Gasteiger partial charge is 0.508 e. The molecule has 0 fully saturated rings. The number of phenols is 1. The van der Waals surface area contributed by atoms with E-state index in [4.69, 9.17) is 5.73 Å². The van der Waals surface area contributed by atoms with Crippen LogP contribution in [0.2, 0.25) is 0 Å². The van der Waals surface area contributed by atoms with Crippen molar-refractivity contribution in [2.24, 2.45) is 11.7 Å². The van der Waals surface area contributed by atoms with Gasteiger partial charge in [-0.15, -0.1) is 0 Å². The highest BCUT2D eigenvalue weighted by Gasteiger charge is 2.08. The first-order valence-corrected chi connectivity index (χ1v) is 4.64. The molecule has 13 heavy (non-hydrogen) atoms. The molecule has 0 bridgehead atoms. The molecule has 0 heterocycles. The van der Waals surface area contributed by atoms with E-state index in [1.807, 2.05) is 12.1 Å². The number of benzene rings is 1. The van der Waals surface area contributed by atoms with Crippen LogP contribution in [0.3, 0.4) is 0 Å². The van der Waals surface area contributed by atoms with Crippen LogP contribution in [-0.4, -0.2) is 5.11 Å². The fourth-order valence-corrected chi connectivity index (χ4v) is 1.40. The van der Waals surface area contributed by atoms with E-state index in [0.29, 0.717) is 5.92 Å². The fourth-order valence-electron chi connectivity index (χ4n) is 1.40. The standard InChI is InChI=1S/C11H17NO/c1-8(2)6-11(12)9-4-3-5-10(13)7-9/h3-5,7-8,11,13H,6,12H2,1-2H3/t11-/m0/s1. The molecule has 1 aromatic rings. The van der Waals surface area contributed by atoms with E-state index >= 15 is 0 Å². The monoisotopic (exact) mass is 179 g/mol. The molecule has 1 aromatic carbocycles. The van der Waals surface area contributed by atoms with Crippen molar-refractivity contribution in [2.75, 3.05) is 0 Å². The van der Waals surface area contributed by atoms with Crippen LogP contribution in [0.1, 0.15) is 31.9 Å². The van der Waals surface area contributed by atoms with Crippen molar-refractivity contribution in [2.45, 2.75) is 26.3 Å². The van der Waals surface area contributed by atoms with Gasteiger partial charge in [0.15, 0.2) is 0 Å². The lowest BCUT2D eigenvalue weighted by atomic mass is 9.98. The Morgan fingerprint density at radius 1 is 1.38 bits per heavy atom. The van der Waals surface area contributed by atoms with E-state index < -0.39 is 0 Å². The Morgan fingerprint density at radius 3 is 2.62 bits per heavy atom. The van der Waals surface area contributed by atoms with E-state index in [1.54, 1.807) is 12.1 Å². The van der Waals surface area contributed by atoms with Crippen molar-refractivity contribution in [3.8, 4) is 5.75 Å². The third-order valence-electron chi connectivity index (χ3n) is 2.02.